The van der Waals surface area contributed by atoms with Crippen molar-refractivity contribution in [3.05, 3.63) is 65.2 Å². The summed E-state index contributed by atoms with van der Waals surface area (Å²) in [6, 6.07) is 17.2. The van der Waals surface area contributed by atoms with Gasteiger partial charge in [0.2, 0.25) is 0 Å². The number of nitrogens with one attached hydrogen (secondary N) is 2. The van der Waals surface area contributed by atoms with Crippen molar-refractivity contribution in [1.29, 1.82) is 0 Å². The van der Waals surface area contributed by atoms with Crippen LogP contribution >= 0.6 is 24.0 Å². The molecule has 0 aliphatic carbocycles. The fourth-order valence-electron chi connectivity index (χ4n) is 4.24. The molecule has 0 amide bonds. The van der Waals surface area contributed by atoms with Crippen molar-refractivity contribution >= 4 is 29.9 Å². The van der Waals surface area contributed by atoms with E-state index >= 15 is 0 Å². The SMILES string of the molecule is CN=C(NCC1CCCOC1c1ccc(C)cc1)NCC(c1ccc(OC)cc1)N(C)C.I. The Balaban J connectivity index is 0.00000385. The first kappa shape index (κ1) is 27.4. The van der Waals surface area contributed by atoms with Gasteiger partial charge in [-0.2, -0.15) is 0 Å². The molecule has 6 nitrogen and oxygen atoms in total. The molecule has 0 radical (unpaired) electrons. The summed E-state index contributed by atoms with van der Waals surface area (Å²) in [6.07, 6.45) is 2.37. The van der Waals surface area contributed by atoms with Crippen molar-refractivity contribution in [2.75, 3.05) is 47.9 Å². The van der Waals surface area contributed by atoms with Crippen molar-refractivity contribution in [2.45, 2.75) is 31.9 Å². The van der Waals surface area contributed by atoms with Crippen LogP contribution in [0.15, 0.2) is 53.5 Å². The standard InChI is InChI=1S/C26H38N4O2.HI/c1-19-8-10-21(11-9-19)25-22(7-6-16-32-25)17-28-26(27-2)29-18-24(30(3)4)20-12-14-23(31-5)15-13-20;/h8-15,22,24-25H,6-7,16-18H2,1-5H3,(H2,27,28,29);1H. The van der Waals surface area contributed by atoms with Crippen molar-refractivity contribution in [3.63, 3.8) is 0 Å². The Bertz CT molecular complexity index is 856. The number of aryl methyl sites for hydroxylation is 1. The van der Waals surface area contributed by atoms with Crippen LogP contribution in [0.25, 0.3) is 0 Å². The lowest BCUT2D eigenvalue weighted by molar-refractivity contribution is -0.0265. The van der Waals surface area contributed by atoms with E-state index < -0.39 is 0 Å². The van der Waals surface area contributed by atoms with Crippen molar-refractivity contribution in [3.8, 4) is 5.75 Å². The van der Waals surface area contributed by atoms with Crippen LogP contribution in [0.2, 0.25) is 0 Å². The van der Waals surface area contributed by atoms with Gasteiger partial charge in [-0.1, -0.05) is 42.0 Å². The van der Waals surface area contributed by atoms with Gasteiger partial charge < -0.3 is 25.0 Å². The second-order valence-electron chi connectivity index (χ2n) is 8.69. The summed E-state index contributed by atoms with van der Waals surface area (Å²) in [6.45, 7) is 4.52. The average molecular weight is 567 g/mol. The highest BCUT2D eigenvalue weighted by Gasteiger charge is 2.27. The van der Waals surface area contributed by atoms with E-state index in [2.05, 4.69) is 77.9 Å². The topological polar surface area (TPSA) is 58.1 Å². The molecular weight excluding hydrogens is 527 g/mol. The number of rotatable bonds is 8. The molecule has 1 aliphatic heterocycles. The molecule has 3 unspecified atom stereocenters. The van der Waals surface area contributed by atoms with Crippen LogP contribution in [-0.4, -0.2) is 58.8 Å². The van der Waals surface area contributed by atoms with Crippen LogP contribution < -0.4 is 15.4 Å². The Morgan fingerprint density at radius 3 is 2.42 bits per heavy atom. The number of benzene rings is 2. The van der Waals surface area contributed by atoms with E-state index in [9.17, 15) is 0 Å². The molecule has 1 aliphatic rings. The van der Waals surface area contributed by atoms with Gasteiger partial charge in [-0.15, -0.1) is 24.0 Å². The summed E-state index contributed by atoms with van der Waals surface area (Å²) < 4.78 is 11.5. The molecule has 1 heterocycles. The first-order valence-corrected chi connectivity index (χ1v) is 11.4. The molecule has 2 N–H and O–H groups in total. The number of guanidine groups is 1. The maximum Gasteiger partial charge on any atom is 0.191 e. The fraction of sp³-hybridized carbons (Fsp3) is 0.500. The summed E-state index contributed by atoms with van der Waals surface area (Å²) in [7, 11) is 7.70. The third-order valence-corrected chi connectivity index (χ3v) is 6.19. The lowest BCUT2D eigenvalue weighted by atomic mass is 9.89. The largest absolute Gasteiger partial charge is 0.497 e. The van der Waals surface area contributed by atoms with E-state index in [0.717, 1.165) is 44.2 Å². The molecule has 33 heavy (non-hydrogen) atoms. The predicted octanol–water partition coefficient (Wildman–Crippen LogP) is 4.56. The first-order valence-electron chi connectivity index (χ1n) is 11.4. The van der Waals surface area contributed by atoms with Gasteiger partial charge in [0.05, 0.1) is 19.3 Å². The van der Waals surface area contributed by atoms with Gasteiger partial charge in [0.25, 0.3) is 0 Å². The minimum atomic E-state index is 0. The van der Waals surface area contributed by atoms with Gasteiger partial charge in [0, 0.05) is 32.7 Å². The summed E-state index contributed by atoms with van der Waals surface area (Å²) in [5, 5.41) is 7.04. The maximum atomic E-state index is 6.17. The van der Waals surface area contributed by atoms with Gasteiger partial charge >= 0.3 is 0 Å². The van der Waals surface area contributed by atoms with Crippen LogP contribution in [0.4, 0.5) is 0 Å². The summed E-state index contributed by atoms with van der Waals surface area (Å²) in [5.41, 5.74) is 3.77. The molecule has 2 aromatic carbocycles. The molecule has 0 bridgehead atoms. The first-order chi connectivity index (χ1) is 15.5. The lowest BCUT2D eigenvalue weighted by Gasteiger charge is -2.33. The molecule has 0 spiro atoms. The van der Waals surface area contributed by atoms with E-state index in [1.807, 2.05) is 19.2 Å². The molecule has 1 fully saturated rings. The zero-order valence-electron chi connectivity index (χ0n) is 20.5. The van der Waals surface area contributed by atoms with Gasteiger partial charge in [0.1, 0.15) is 5.75 Å². The average Bonchev–Trinajstić information content (AvgIpc) is 2.82. The fourth-order valence-corrected chi connectivity index (χ4v) is 4.24. The normalized spacial score (nSPS) is 19.5. The minimum Gasteiger partial charge on any atom is -0.497 e. The summed E-state index contributed by atoms with van der Waals surface area (Å²) in [5.74, 6) is 2.10. The molecule has 0 aromatic heterocycles. The highest BCUT2D eigenvalue weighted by Crippen LogP contribution is 2.33. The highest BCUT2D eigenvalue weighted by molar-refractivity contribution is 14.0. The van der Waals surface area contributed by atoms with E-state index in [0.29, 0.717) is 5.92 Å². The Kier molecular flexibility index (Phi) is 11.4. The van der Waals surface area contributed by atoms with Crippen molar-refractivity contribution < 1.29 is 9.47 Å². The molecule has 1 saturated heterocycles. The summed E-state index contributed by atoms with van der Waals surface area (Å²) >= 11 is 0. The number of hydrogen-bond donors (Lipinski definition) is 2. The molecule has 7 heteroatoms. The van der Waals surface area contributed by atoms with E-state index in [1.54, 1.807) is 7.11 Å². The van der Waals surface area contributed by atoms with Gasteiger partial charge in [-0.3, -0.25) is 4.99 Å². The Morgan fingerprint density at radius 1 is 1.12 bits per heavy atom. The predicted molar refractivity (Wildman–Crippen MR) is 147 cm³/mol. The highest BCUT2D eigenvalue weighted by atomic mass is 127. The number of aliphatic imine (C=N–C) groups is 1. The van der Waals surface area contributed by atoms with Gasteiger partial charge in [-0.25, -0.2) is 0 Å². The van der Waals surface area contributed by atoms with Crippen molar-refractivity contribution in [2.24, 2.45) is 10.9 Å². The number of hydrogen-bond acceptors (Lipinski definition) is 4. The third kappa shape index (κ3) is 7.86. The maximum absolute atomic E-state index is 6.17. The number of nitrogens with zero attached hydrogens (tertiary/aromatic N) is 2. The van der Waals surface area contributed by atoms with Crippen LogP contribution in [0.5, 0.6) is 5.75 Å². The van der Waals surface area contributed by atoms with Crippen LogP contribution in [0.3, 0.4) is 0 Å². The Morgan fingerprint density at radius 2 is 1.82 bits per heavy atom. The van der Waals surface area contributed by atoms with E-state index in [4.69, 9.17) is 9.47 Å². The molecule has 3 rings (SSSR count). The quantitative estimate of drug-likeness (QED) is 0.279. The Labute approximate surface area is 216 Å². The van der Waals surface area contributed by atoms with E-state index in [-0.39, 0.29) is 36.1 Å². The third-order valence-electron chi connectivity index (χ3n) is 6.19. The molecule has 3 atom stereocenters. The number of ether oxygens (including phenoxy) is 2. The van der Waals surface area contributed by atoms with Crippen LogP contribution in [0.1, 0.15) is 41.7 Å². The Hall–Kier alpha value is -1.84. The zero-order valence-corrected chi connectivity index (χ0v) is 22.8. The number of likely N-dealkylation sites (N-methyl/N-ethyl adjacent to an activating group) is 1. The van der Waals surface area contributed by atoms with Crippen LogP contribution in [0, 0.1) is 12.8 Å². The second kappa shape index (κ2) is 13.8. The lowest BCUT2D eigenvalue weighted by Crippen LogP contribution is -2.44. The molecule has 2 aromatic rings. The molecule has 182 valence electrons. The second-order valence-corrected chi connectivity index (χ2v) is 8.69. The van der Waals surface area contributed by atoms with Crippen molar-refractivity contribution in [1.82, 2.24) is 15.5 Å². The smallest absolute Gasteiger partial charge is 0.191 e. The van der Waals surface area contributed by atoms with Gasteiger partial charge in [-0.05, 0) is 57.1 Å². The summed E-state index contributed by atoms with van der Waals surface area (Å²) in [4.78, 5) is 6.66. The number of methoxy groups -OCH3 is 1. The monoisotopic (exact) mass is 566 g/mol. The van der Waals surface area contributed by atoms with Gasteiger partial charge in [0.15, 0.2) is 5.96 Å². The molecule has 0 saturated carbocycles. The van der Waals surface area contributed by atoms with Crippen LogP contribution in [-0.2, 0) is 4.74 Å². The van der Waals surface area contributed by atoms with E-state index in [1.165, 1.54) is 16.7 Å². The number of halogens is 1. The zero-order chi connectivity index (χ0) is 22.9. The molecular formula is C26H39IN4O2. The minimum absolute atomic E-state index is 0.